The number of hydrogen-bond donors (Lipinski definition) is 2. The Balaban J connectivity index is 2.07. The Hall–Kier alpha value is -2.98. The van der Waals surface area contributed by atoms with Crippen molar-refractivity contribution in [1.29, 1.82) is 0 Å². The van der Waals surface area contributed by atoms with Crippen molar-refractivity contribution in [2.24, 2.45) is 17.6 Å². The third kappa shape index (κ3) is 8.52. The summed E-state index contributed by atoms with van der Waals surface area (Å²) in [6.07, 6.45) is 3.54. The number of carbonyl (C=O) groups excluding carboxylic acids is 6. The summed E-state index contributed by atoms with van der Waals surface area (Å²) in [5.41, 5.74) is 5.24. The van der Waals surface area contributed by atoms with Crippen LogP contribution in [0.4, 0.5) is 0 Å². The van der Waals surface area contributed by atoms with Crippen LogP contribution in [0.5, 0.6) is 0 Å². The van der Waals surface area contributed by atoms with Crippen LogP contribution in [0.15, 0.2) is 0 Å². The van der Waals surface area contributed by atoms with E-state index in [4.69, 9.17) is 10.5 Å². The van der Waals surface area contributed by atoms with Gasteiger partial charge in [0.25, 0.3) is 5.91 Å². The third-order valence-corrected chi connectivity index (χ3v) is 7.45. The molecule has 1 saturated carbocycles. The first-order chi connectivity index (χ1) is 17.8. The van der Waals surface area contributed by atoms with Crippen molar-refractivity contribution in [1.82, 2.24) is 15.1 Å². The van der Waals surface area contributed by atoms with Crippen LogP contribution in [0.1, 0.15) is 85.5 Å². The van der Waals surface area contributed by atoms with Crippen LogP contribution >= 0.6 is 0 Å². The highest BCUT2D eigenvalue weighted by molar-refractivity contribution is 5.94. The van der Waals surface area contributed by atoms with Crippen LogP contribution < -0.4 is 11.1 Å². The van der Waals surface area contributed by atoms with Gasteiger partial charge in [0.2, 0.25) is 17.7 Å². The second-order valence-electron chi connectivity index (χ2n) is 11.0. The molecule has 4 amide bonds. The van der Waals surface area contributed by atoms with Crippen molar-refractivity contribution < 1.29 is 33.5 Å². The molecule has 214 valence electrons. The fourth-order valence-corrected chi connectivity index (χ4v) is 5.27. The summed E-state index contributed by atoms with van der Waals surface area (Å²) >= 11 is 0. The van der Waals surface area contributed by atoms with Gasteiger partial charge in [-0.1, -0.05) is 26.7 Å². The zero-order chi connectivity index (χ0) is 28.6. The van der Waals surface area contributed by atoms with Crippen LogP contribution in [0.3, 0.4) is 0 Å². The lowest BCUT2D eigenvalue weighted by molar-refractivity contribution is -0.163. The van der Waals surface area contributed by atoms with Crippen molar-refractivity contribution in [3.8, 4) is 0 Å². The Morgan fingerprint density at radius 2 is 1.66 bits per heavy atom. The summed E-state index contributed by atoms with van der Waals surface area (Å²) in [4.78, 5) is 78.5. The third-order valence-electron chi connectivity index (χ3n) is 7.45. The van der Waals surface area contributed by atoms with Gasteiger partial charge in [0.15, 0.2) is 11.9 Å². The van der Waals surface area contributed by atoms with Gasteiger partial charge in [-0.3, -0.25) is 24.0 Å². The number of likely N-dealkylation sites (tertiary alicyclic amines) is 1. The molecule has 2 aliphatic rings. The smallest absolute Gasteiger partial charge is 0.329 e. The summed E-state index contributed by atoms with van der Waals surface area (Å²) in [5.74, 6) is -2.67. The molecule has 1 heterocycles. The first-order valence-corrected chi connectivity index (χ1v) is 13.7. The maximum Gasteiger partial charge on any atom is 0.329 e. The Labute approximate surface area is 225 Å². The number of amides is 4. The Kier molecular flexibility index (Phi) is 11.7. The maximum absolute atomic E-state index is 13.3. The Morgan fingerprint density at radius 3 is 2.21 bits per heavy atom. The molecule has 0 aromatic heterocycles. The molecule has 0 bridgehead atoms. The minimum absolute atomic E-state index is 0.0363. The number of likely N-dealkylation sites (N-methyl/N-ethyl adjacent to an activating group) is 1. The standard InChI is InChI=1S/C27H44N4O7/c1-16(2)15-22(17(3)32)30(5)26(36)21-11-8-14-31(21)25(35)18(4)38-27(37)20(12-13-23(28)33)29-24(34)19-9-6-7-10-19/h16,18-22H,6-15H2,1-5H3,(H2,28,33)(H,29,34)/t18-,20-,21-,22+/m0/s1. The van der Waals surface area contributed by atoms with Gasteiger partial charge in [-0.25, -0.2) is 4.79 Å². The molecular weight excluding hydrogens is 492 g/mol. The van der Waals surface area contributed by atoms with Crippen molar-refractivity contribution >= 4 is 35.4 Å². The van der Waals surface area contributed by atoms with Crippen molar-refractivity contribution in [3.63, 3.8) is 0 Å². The van der Waals surface area contributed by atoms with Gasteiger partial charge in [0.05, 0.1) is 6.04 Å². The molecule has 0 spiro atoms. The predicted molar refractivity (Wildman–Crippen MR) is 139 cm³/mol. The van der Waals surface area contributed by atoms with Crippen molar-refractivity contribution in [2.45, 2.75) is 110 Å². The fraction of sp³-hybridized carbons (Fsp3) is 0.778. The van der Waals surface area contributed by atoms with E-state index in [1.165, 1.54) is 23.6 Å². The number of carbonyl (C=O) groups is 6. The lowest BCUT2D eigenvalue weighted by Gasteiger charge is -2.33. The van der Waals surface area contributed by atoms with E-state index in [0.717, 1.165) is 25.7 Å². The maximum atomic E-state index is 13.3. The second-order valence-corrected chi connectivity index (χ2v) is 11.0. The number of rotatable bonds is 13. The summed E-state index contributed by atoms with van der Waals surface area (Å²) in [5, 5.41) is 2.67. The molecular formula is C27H44N4O7. The molecule has 1 aliphatic carbocycles. The number of hydrogen-bond acceptors (Lipinski definition) is 7. The van der Waals surface area contributed by atoms with E-state index in [0.29, 0.717) is 25.8 Å². The average molecular weight is 537 g/mol. The number of nitrogens with zero attached hydrogens (tertiary/aromatic N) is 2. The lowest BCUT2D eigenvalue weighted by atomic mass is 9.99. The fourth-order valence-electron chi connectivity index (χ4n) is 5.27. The van der Waals surface area contributed by atoms with Crippen LogP contribution in [-0.2, 0) is 33.5 Å². The van der Waals surface area contributed by atoms with Gasteiger partial charge in [-0.05, 0) is 58.3 Å². The number of esters is 1. The molecule has 0 aromatic rings. The highest BCUT2D eigenvalue weighted by Crippen LogP contribution is 2.26. The molecule has 38 heavy (non-hydrogen) atoms. The SMILES string of the molecule is CC(=O)[C@@H](CC(C)C)N(C)C(=O)[C@@H]1CCCN1C(=O)[C@H](C)OC(=O)[C@H](CCC(N)=O)NC(=O)C1CCCC1. The summed E-state index contributed by atoms with van der Waals surface area (Å²) in [7, 11) is 1.58. The van der Waals surface area contributed by atoms with Crippen molar-refractivity contribution in [3.05, 3.63) is 0 Å². The van der Waals surface area contributed by atoms with Crippen LogP contribution in [0.2, 0.25) is 0 Å². The molecule has 0 aromatic carbocycles. The Bertz CT molecular complexity index is 900. The minimum Gasteiger partial charge on any atom is -0.451 e. The van der Waals surface area contributed by atoms with E-state index >= 15 is 0 Å². The van der Waals surface area contributed by atoms with Gasteiger partial charge >= 0.3 is 5.97 Å². The van der Waals surface area contributed by atoms with E-state index in [2.05, 4.69) is 5.32 Å². The van der Waals surface area contributed by atoms with Crippen LogP contribution in [0, 0.1) is 11.8 Å². The highest BCUT2D eigenvalue weighted by atomic mass is 16.5. The number of nitrogens with one attached hydrogen (secondary N) is 1. The van der Waals surface area contributed by atoms with E-state index in [9.17, 15) is 28.8 Å². The monoisotopic (exact) mass is 536 g/mol. The number of nitrogens with two attached hydrogens (primary N) is 1. The predicted octanol–water partition coefficient (Wildman–Crippen LogP) is 1.31. The minimum atomic E-state index is -1.21. The van der Waals surface area contributed by atoms with Gasteiger partial charge in [0.1, 0.15) is 12.1 Å². The van der Waals surface area contributed by atoms with E-state index in [1.807, 2.05) is 13.8 Å². The van der Waals surface area contributed by atoms with Gasteiger partial charge in [-0.15, -0.1) is 0 Å². The lowest BCUT2D eigenvalue weighted by Crippen LogP contribution is -2.53. The first-order valence-electron chi connectivity index (χ1n) is 13.7. The van der Waals surface area contributed by atoms with Crippen LogP contribution in [-0.4, -0.2) is 83.0 Å². The van der Waals surface area contributed by atoms with E-state index < -0.39 is 42.0 Å². The molecule has 0 radical (unpaired) electrons. The molecule has 1 aliphatic heterocycles. The topological polar surface area (TPSA) is 156 Å². The zero-order valence-electron chi connectivity index (χ0n) is 23.4. The Morgan fingerprint density at radius 1 is 1.03 bits per heavy atom. The number of ketones is 1. The molecule has 1 saturated heterocycles. The number of ether oxygens (including phenoxy) is 1. The van der Waals surface area contributed by atoms with Gasteiger partial charge < -0.3 is 25.6 Å². The van der Waals surface area contributed by atoms with Gasteiger partial charge in [-0.2, -0.15) is 0 Å². The van der Waals surface area contributed by atoms with Crippen LogP contribution in [0.25, 0.3) is 0 Å². The molecule has 11 heteroatoms. The molecule has 2 fully saturated rings. The molecule has 11 nitrogen and oxygen atoms in total. The number of Topliss-reactive ketones (excluding diaryl/α,β-unsaturated/α-hetero) is 1. The van der Waals surface area contributed by atoms with Gasteiger partial charge in [0, 0.05) is 25.9 Å². The quantitative estimate of drug-likeness (QED) is 0.336. The first kappa shape index (κ1) is 31.2. The average Bonchev–Trinajstić information content (AvgIpc) is 3.55. The van der Waals surface area contributed by atoms with E-state index in [1.54, 1.807) is 7.05 Å². The molecule has 3 N–H and O–H groups in total. The van der Waals surface area contributed by atoms with Crippen molar-refractivity contribution in [2.75, 3.05) is 13.6 Å². The largest absolute Gasteiger partial charge is 0.451 e. The highest BCUT2D eigenvalue weighted by Gasteiger charge is 2.41. The molecule has 0 unspecified atom stereocenters. The summed E-state index contributed by atoms with van der Waals surface area (Å²) in [6.45, 7) is 7.15. The van der Waals surface area contributed by atoms with E-state index in [-0.39, 0.29) is 42.3 Å². The zero-order valence-corrected chi connectivity index (χ0v) is 23.4. The summed E-state index contributed by atoms with van der Waals surface area (Å²) in [6, 6.07) is -2.44. The molecule has 4 atom stereocenters. The normalized spacial score (nSPS) is 20.1. The second kappa shape index (κ2) is 14.2. The molecule has 2 rings (SSSR count). The summed E-state index contributed by atoms with van der Waals surface area (Å²) < 4.78 is 5.43. The number of primary amides is 1.